The Labute approximate surface area is 176 Å². The molecule has 1 unspecified atom stereocenters. The molecule has 0 saturated carbocycles. The number of anilines is 2. The number of nitrogens with zero attached hydrogens (tertiary/aromatic N) is 4. The molecule has 0 bridgehead atoms. The van der Waals surface area contributed by atoms with Gasteiger partial charge in [0.05, 0.1) is 25.4 Å². The molecule has 1 saturated heterocycles. The minimum Gasteiger partial charge on any atom is -0.474 e. The molecular weight excluding hydrogens is 397 g/mol. The normalized spacial score (nSPS) is 19.8. The van der Waals surface area contributed by atoms with Crippen LogP contribution in [0.3, 0.4) is 0 Å². The van der Waals surface area contributed by atoms with Crippen molar-refractivity contribution in [1.82, 2.24) is 10.3 Å². The number of benzene rings is 1. The van der Waals surface area contributed by atoms with Crippen LogP contribution in [-0.2, 0) is 14.2 Å². The van der Waals surface area contributed by atoms with Gasteiger partial charge in [0.15, 0.2) is 0 Å². The second kappa shape index (κ2) is 10.6. The molecule has 0 radical (unpaired) electrons. The highest BCUT2D eigenvalue weighted by Crippen LogP contribution is 2.26. The van der Waals surface area contributed by atoms with Crippen molar-refractivity contribution in [1.29, 1.82) is 0 Å². The molecule has 1 N–H and O–H groups in total. The topological polar surface area (TPSA) is 61.8 Å². The van der Waals surface area contributed by atoms with Crippen molar-refractivity contribution < 1.29 is 18.6 Å². The zero-order chi connectivity index (χ0) is 20.6. The summed E-state index contributed by atoms with van der Waals surface area (Å²) in [6.07, 6.45) is 2.34. The first kappa shape index (κ1) is 21.5. The molecule has 29 heavy (non-hydrogen) atoms. The lowest BCUT2D eigenvalue weighted by molar-refractivity contribution is -0.0660. The van der Waals surface area contributed by atoms with E-state index in [4.69, 9.17) is 26.4 Å². The van der Waals surface area contributed by atoms with E-state index in [0.29, 0.717) is 37.2 Å². The summed E-state index contributed by atoms with van der Waals surface area (Å²) in [6, 6.07) is 5.24. The van der Waals surface area contributed by atoms with Gasteiger partial charge in [-0.15, -0.1) is 0 Å². The predicted molar refractivity (Wildman–Crippen MR) is 115 cm³/mol. The summed E-state index contributed by atoms with van der Waals surface area (Å²) in [5.41, 5.74) is 1.28. The monoisotopic (exact) mass is 425 g/mol. The highest BCUT2D eigenvalue weighted by molar-refractivity contribution is 7.80. The summed E-state index contributed by atoms with van der Waals surface area (Å²) >= 11 is 4.98. The molecule has 2 aliphatic heterocycles. The number of hydrazone groups is 1. The van der Waals surface area contributed by atoms with E-state index in [2.05, 4.69) is 10.4 Å². The highest BCUT2D eigenvalue weighted by Gasteiger charge is 2.21. The fraction of sp³-hybridized carbons (Fsp3) is 0.579. The second-order valence-electron chi connectivity index (χ2n) is 6.78. The zero-order valence-corrected chi connectivity index (χ0v) is 17.7. The van der Waals surface area contributed by atoms with Crippen molar-refractivity contribution in [2.45, 2.75) is 19.4 Å². The number of halogens is 1. The van der Waals surface area contributed by atoms with Gasteiger partial charge in [-0.05, 0) is 43.8 Å². The van der Waals surface area contributed by atoms with Crippen molar-refractivity contribution in [3.63, 3.8) is 0 Å². The first-order chi connectivity index (χ1) is 14.1. The number of hydrogen-bond acceptors (Lipinski definition) is 8. The fourth-order valence-electron chi connectivity index (χ4n) is 3.23. The lowest BCUT2D eigenvalue weighted by atomic mass is 10.2. The highest BCUT2D eigenvalue weighted by atomic mass is 32.1. The van der Waals surface area contributed by atoms with E-state index < -0.39 is 0 Å². The number of methoxy groups -OCH3 is 1. The van der Waals surface area contributed by atoms with E-state index in [1.807, 2.05) is 27.8 Å². The summed E-state index contributed by atoms with van der Waals surface area (Å²) in [5, 5.41) is 9.63. The van der Waals surface area contributed by atoms with Crippen molar-refractivity contribution in [2.75, 3.05) is 63.2 Å². The van der Waals surface area contributed by atoms with Gasteiger partial charge < -0.3 is 29.3 Å². The third kappa shape index (κ3) is 5.91. The van der Waals surface area contributed by atoms with E-state index >= 15 is 0 Å². The van der Waals surface area contributed by atoms with Crippen molar-refractivity contribution in [3.05, 3.63) is 24.0 Å². The lowest BCUT2D eigenvalue weighted by Gasteiger charge is -2.30. The molecule has 3 rings (SSSR count). The molecule has 10 heteroatoms. The summed E-state index contributed by atoms with van der Waals surface area (Å²) < 4.78 is 31.0. The Morgan fingerprint density at radius 3 is 2.97 bits per heavy atom. The minimum atomic E-state index is -0.285. The maximum absolute atomic E-state index is 14.8. The Morgan fingerprint density at radius 2 is 2.28 bits per heavy atom. The number of hydrogen-bond donors (Lipinski definition) is 1. The molecule has 0 amide bonds. The Bertz CT molecular complexity index is 723. The minimum absolute atomic E-state index is 0.0679. The van der Waals surface area contributed by atoms with Crippen LogP contribution in [0.25, 0.3) is 0 Å². The molecule has 1 aromatic carbocycles. The Kier molecular flexibility index (Phi) is 7.84. The zero-order valence-electron chi connectivity index (χ0n) is 16.8. The van der Waals surface area contributed by atoms with Gasteiger partial charge in [0.2, 0.25) is 0 Å². The molecule has 1 atom stereocenters. The van der Waals surface area contributed by atoms with Gasteiger partial charge in [0.1, 0.15) is 25.7 Å². The van der Waals surface area contributed by atoms with E-state index in [-0.39, 0.29) is 18.7 Å². The molecular formula is C19H28FN5O3S. The van der Waals surface area contributed by atoms with E-state index in [9.17, 15) is 4.39 Å². The van der Waals surface area contributed by atoms with Crippen LogP contribution in [0.1, 0.15) is 13.3 Å². The van der Waals surface area contributed by atoms with Crippen LogP contribution < -0.4 is 15.1 Å². The van der Waals surface area contributed by atoms with Crippen LogP contribution >= 0.6 is 12.2 Å². The lowest BCUT2D eigenvalue weighted by Crippen LogP contribution is -2.38. The molecule has 1 fully saturated rings. The molecule has 2 heterocycles. The number of thiocarbonyl (C=S) groups is 1. The van der Waals surface area contributed by atoms with Crippen LogP contribution in [-0.4, -0.2) is 76.0 Å². The largest absolute Gasteiger partial charge is 0.474 e. The number of ether oxygens (including phenoxy) is 3. The molecule has 2 aliphatic rings. The average molecular weight is 426 g/mol. The van der Waals surface area contributed by atoms with E-state index in [1.165, 1.54) is 7.11 Å². The van der Waals surface area contributed by atoms with Crippen molar-refractivity contribution >= 4 is 35.1 Å². The van der Waals surface area contributed by atoms with Crippen molar-refractivity contribution in [2.24, 2.45) is 5.10 Å². The Hall–Kier alpha value is -2.17. The predicted octanol–water partition coefficient (Wildman–Crippen LogP) is 1.96. The smallest absolute Gasteiger partial charge is 0.256 e. The molecule has 0 spiro atoms. The number of nitrogens with one attached hydrogen (secondary N) is 1. The first-order valence-electron chi connectivity index (χ1n) is 9.72. The maximum Gasteiger partial charge on any atom is 0.256 e. The third-order valence-electron chi connectivity index (χ3n) is 4.90. The summed E-state index contributed by atoms with van der Waals surface area (Å²) in [7, 11) is 1.53. The van der Waals surface area contributed by atoms with Gasteiger partial charge in [0, 0.05) is 31.9 Å². The average Bonchev–Trinajstić information content (AvgIpc) is 2.99. The van der Waals surface area contributed by atoms with Gasteiger partial charge >= 0.3 is 0 Å². The van der Waals surface area contributed by atoms with Gasteiger partial charge in [-0.1, -0.05) is 0 Å². The molecule has 8 nitrogen and oxygen atoms in total. The van der Waals surface area contributed by atoms with Crippen LogP contribution in [0.2, 0.25) is 0 Å². The summed E-state index contributed by atoms with van der Waals surface area (Å²) in [4.78, 5) is 3.81. The fourth-order valence-corrected chi connectivity index (χ4v) is 3.33. The van der Waals surface area contributed by atoms with Gasteiger partial charge in [0.25, 0.3) is 5.17 Å². The van der Waals surface area contributed by atoms with Crippen LogP contribution in [0.5, 0.6) is 0 Å². The number of likely N-dealkylation sites (N-methyl/N-ethyl adjacent to an activating group) is 1. The molecule has 0 aliphatic carbocycles. The van der Waals surface area contributed by atoms with Crippen molar-refractivity contribution in [3.8, 4) is 0 Å². The molecule has 1 aromatic rings. The Balaban J connectivity index is 1.63. The van der Waals surface area contributed by atoms with Gasteiger partial charge in [-0.2, -0.15) is 5.10 Å². The van der Waals surface area contributed by atoms with Crippen LogP contribution in [0, 0.1) is 5.82 Å². The van der Waals surface area contributed by atoms with Crippen LogP contribution in [0.4, 0.5) is 15.8 Å². The first-order valence-corrected chi connectivity index (χ1v) is 10.1. The van der Waals surface area contributed by atoms with E-state index in [1.54, 1.807) is 18.5 Å². The number of rotatable bonds is 6. The van der Waals surface area contributed by atoms with E-state index in [0.717, 1.165) is 25.2 Å². The summed E-state index contributed by atoms with van der Waals surface area (Å²) in [6.45, 7) is 6.13. The SMILES string of the molecule is CCN1CCN(c2ccc(N3COCOC(CCNC(=S)OC)C3)cc2F)C=N1. The van der Waals surface area contributed by atoms with Crippen LogP contribution in [0.15, 0.2) is 23.3 Å². The molecule has 0 aromatic heterocycles. The third-order valence-corrected chi connectivity index (χ3v) is 5.21. The van der Waals surface area contributed by atoms with Gasteiger partial charge in [-0.25, -0.2) is 4.39 Å². The van der Waals surface area contributed by atoms with Gasteiger partial charge in [-0.3, -0.25) is 5.01 Å². The Morgan fingerprint density at radius 1 is 1.41 bits per heavy atom. The molecule has 160 valence electrons. The second-order valence-corrected chi connectivity index (χ2v) is 7.15. The summed E-state index contributed by atoms with van der Waals surface area (Å²) in [5.74, 6) is -0.285. The standard InChI is InChI=1S/C19H28FN5O3S/c1-3-25-9-8-23(12-22-25)18-5-4-15(10-17(18)20)24-11-16(28-14-27-13-24)6-7-21-19(29)26-2/h4-5,10,12,16H,3,6-9,11,13-14H2,1-2H3,(H,21,29). The maximum atomic E-state index is 14.8. The quantitative estimate of drug-likeness (QED) is 0.694.